The number of nitrogens with zero attached hydrogens (tertiary/aromatic N) is 2. The molecule has 0 saturated heterocycles. The molecule has 0 fully saturated rings. The van der Waals surface area contributed by atoms with E-state index in [2.05, 4.69) is 15.0 Å². The molecule has 0 bridgehead atoms. The SMILES string of the molecule is Nc1ccc(Cl)c(-c2nc3ncccc3[nH]2)c1. The van der Waals surface area contributed by atoms with E-state index in [1.54, 1.807) is 24.4 Å². The van der Waals surface area contributed by atoms with Crippen LogP contribution in [0.2, 0.25) is 5.02 Å². The molecular formula is C12H9ClN4. The second-order valence-electron chi connectivity index (χ2n) is 3.70. The maximum atomic E-state index is 6.12. The number of pyridine rings is 1. The quantitative estimate of drug-likeness (QED) is 0.647. The normalized spacial score (nSPS) is 10.9. The molecule has 4 nitrogen and oxygen atoms in total. The zero-order valence-electron chi connectivity index (χ0n) is 8.81. The van der Waals surface area contributed by atoms with E-state index < -0.39 is 0 Å². The molecule has 0 unspecified atom stereocenters. The lowest BCUT2D eigenvalue weighted by molar-refractivity contribution is 1.30. The van der Waals surface area contributed by atoms with Crippen LogP contribution in [0.5, 0.6) is 0 Å². The average Bonchev–Trinajstić information content (AvgIpc) is 2.75. The highest BCUT2D eigenvalue weighted by molar-refractivity contribution is 6.33. The van der Waals surface area contributed by atoms with Crippen molar-refractivity contribution >= 4 is 28.5 Å². The van der Waals surface area contributed by atoms with Crippen LogP contribution in [0.4, 0.5) is 5.69 Å². The number of aromatic nitrogens is 3. The Morgan fingerprint density at radius 3 is 2.94 bits per heavy atom. The monoisotopic (exact) mass is 244 g/mol. The fourth-order valence-corrected chi connectivity index (χ4v) is 1.90. The molecule has 2 heterocycles. The lowest BCUT2D eigenvalue weighted by Crippen LogP contribution is -1.87. The van der Waals surface area contributed by atoms with Gasteiger partial charge in [-0.05, 0) is 30.3 Å². The Bertz CT molecular complexity index is 657. The first kappa shape index (κ1) is 10.1. The number of anilines is 1. The molecule has 0 radical (unpaired) electrons. The number of hydrogen-bond donors (Lipinski definition) is 2. The lowest BCUT2D eigenvalue weighted by atomic mass is 10.2. The summed E-state index contributed by atoms with van der Waals surface area (Å²) in [7, 11) is 0. The van der Waals surface area contributed by atoms with Gasteiger partial charge in [0, 0.05) is 17.4 Å². The van der Waals surface area contributed by atoms with Crippen LogP contribution in [-0.2, 0) is 0 Å². The van der Waals surface area contributed by atoms with Crippen LogP contribution < -0.4 is 5.73 Å². The Hall–Kier alpha value is -2.07. The minimum atomic E-state index is 0.609. The number of nitrogens with one attached hydrogen (secondary N) is 1. The average molecular weight is 245 g/mol. The van der Waals surface area contributed by atoms with Crippen molar-refractivity contribution in [3.05, 3.63) is 41.6 Å². The van der Waals surface area contributed by atoms with Crippen LogP contribution in [0.25, 0.3) is 22.6 Å². The van der Waals surface area contributed by atoms with E-state index >= 15 is 0 Å². The van der Waals surface area contributed by atoms with Gasteiger partial charge in [0.2, 0.25) is 0 Å². The summed E-state index contributed by atoms with van der Waals surface area (Å²) in [6.07, 6.45) is 1.70. The highest BCUT2D eigenvalue weighted by atomic mass is 35.5. The third-order valence-corrected chi connectivity index (χ3v) is 2.83. The molecule has 0 saturated carbocycles. The number of hydrogen-bond acceptors (Lipinski definition) is 3. The second-order valence-corrected chi connectivity index (χ2v) is 4.11. The van der Waals surface area contributed by atoms with Crippen LogP contribution in [0, 0.1) is 0 Å². The summed E-state index contributed by atoms with van der Waals surface area (Å²) in [6, 6.07) is 9.07. The number of H-pyrrole nitrogens is 1. The van der Waals surface area contributed by atoms with Crippen molar-refractivity contribution in [3.8, 4) is 11.4 Å². The summed E-state index contributed by atoms with van der Waals surface area (Å²) in [5.41, 5.74) is 8.72. The van der Waals surface area contributed by atoms with Gasteiger partial charge in [0.05, 0.1) is 10.5 Å². The van der Waals surface area contributed by atoms with Crippen LogP contribution in [-0.4, -0.2) is 15.0 Å². The molecule has 0 spiro atoms. The Balaban J connectivity index is 2.23. The number of rotatable bonds is 1. The van der Waals surface area contributed by atoms with Gasteiger partial charge < -0.3 is 10.7 Å². The fraction of sp³-hybridized carbons (Fsp3) is 0. The van der Waals surface area contributed by atoms with E-state index in [-0.39, 0.29) is 0 Å². The molecule has 3 aromatic rings. The van der Waals surface area contributed by atoms with Gasteiger partial charge in [0.25, 0.3) is 0 Å². The van der Waals surface area contributed by atoms with Crippen molar-refractivity contribution in [2.45, 2.75) is 0 Å². The molecule has 0 aliphatic heterocycles. The number of nitrogen functional groups attached to an aromatic ring is 1. The maximum absolute atomic E-state index is 6.12. The summed E-state index contributed by atoms with van der Waals surface area (Å²) in [5.74, 6) is 0.677. The highest BCUT2D eigenvalue weighted by Gasteiger charge is 2.09. The molecule has 0 amide bonds. The Labute approximate surface area is 102 Å². The molecule has 17 heavy (non-hydrogen) atoms. The standard InChI is InChI=1S/C12H9ClN4/c13-9-4-3-7(14)6-8(9)11-16-10-2-1-5-15-12(10)17-11/h1-6H,14H2,(H,15,16,17). The molecule has 84 valence electrons. The van der Waals surface area contributed by atoms with Gasteiger partial charge in [-0.15, -0.1) is 0 Å². The third-order valence-electron chi connectivity index (χ3n) is 2.50. The van der Waals surface area contributed by atoms with Crippen molar-refractivity contribution < 1.29 is 0 Å². The number of nitrogens with two attached hydrogens (primary N) is 1. The molecule has 3 rings (SSSR count). The highest BCUT2D eigenvalue weighted by Crippen LogP contribution is 2.28. The van der Waals surface area contributed by atoms with E-state index in [4.69, 9.17) is 17.3 Å². The number of fused-ring (bicyclic) bond motifs is 1. The number of benzene rings is 1. The van der Waals surface area contributed by atoms with Crippen molar-refractivity contribution in [2.75, 3.05) is 5.73 Å². The minimum Gasteiger partial charge on any atom is -0.399 e. The van der Waals surface area contributed by atoms with Gasteiger partial charge in [-0.25, -0.2) is 9.97 Å². The number of aromatic amines is 1. The first-order chi connectivity index (χ1) is 8.24. The minimum absolute atomic E-state index is 0.609. The Kier molecular flexibility index (Phi) is 2.23. The molecule has 0 atom stereocenters. The number of halogens is 1. The topological polar surface area (TPSA) is 67.6 Å². The number of imidazole rings is 1. The largest absolute Gasteiger partial charge is 0.399 e. The molecule has 0 aliphatic rings. The van der Waals surface area contributed by atoms with E-state index in [1.807, 2.05) is 12.1 Å². The molecule has 0 aliphatic carbocycles. The molecular weight excluding hydrogens is 236 g/mol. The lowest BCUT2D eigenvalue weighted by Gasteiger charge is -2.01. The summed E-state index contributed by atoms with van der Waals surface area (Å²) >= 11 is 6.12. The fourth-order valence-electron chi connectivity index (χ4n) is 1.70. The van der Waals surface area contributed by atoms with Crippen molar-refractivity contribution in [1.82, 2.24) is 15.0 Å². The van der Waals surface area contributed by atoms with Gasteiger partial charge in [-0.2, -0.15) is 0 Å². The first-order valence-electron chi connectivity index (χ1n) is 5.10. The summed E-state index contributed by atoms with van der Waals surface area (Å²) in [4.78, 5) is 11.7. The molecule has 1 aromatic carbocycles. The summed E-state index contributed by atoms with van der Waals surface area (Å²) < 4.78 is 0. The van der Waals surface area contributed by atoms with Crippen LogP contribution in [0.15, 0.2) is 36.5 Å². The van der Waals surface area contributed by atoms with Crippen LogP contribution in [0.3, 0.4) is 0 Å². The summed E-state index contributed by atoms with van der Waals surface area (Å²) in [6.45, 7) is 0. The Morgan fingerprint density at radius 1 is 1.24 bits per heavy atom. The van der Waals surface area contributed by atoms with E-state index in [0.717, 1.165) is 11.1 Å². The predicted octanol–water partition coefficient (Wildman–Crippen LogP) is 2.86. The van der Waals surface area contributed by atoms with Crippen molar-refractivity contribution in [3.63, 3.8) is 0 Å². The van der Waals surface area contributed by atoms with Gasteiger partial charge in [-0.1, -0.05) is 11.6 Å². The Morgan fingerprint density at radius 2 is 2.12 bits per heavy atom. The van der Waals surface area contributed by atoms with Crippen molar-refractivity contribution in [2.24, 2.45) is 0 Å². The predicted molar refractivity (Wildman–Crippen MR) is 68.7 cm³/mol. The zero-order chi connectivity index (χ0) is 11.8. The van der Waals surface area contributed by atoms with E-state index in [0.29, 0.717) is 22.2 Å². The second kappa shape index (κ2) is 3.75. The van der Waals surface area contributed by atoms with E-state index in [9.17, 15) is 0 Å². The van der Waals surface area contributed by atoms with E-state index in [1.165, 1.54) is 0 Å². The van der Waals surface area contributed by atoms with Gasteiger partial charge >= 0.3 is 0 Å². The summed E-state index contributed by atoms with van der Waals surface area (Å²) in [5, 5.41) is 0.609. The molecule has 2 aromatic heterocycles. The van der Waals surface area contributed by atoms with Crippen LogP contribution >= 0.6 is 11.6 Å². The van der Waals surface area contributed by atoms with Gasteiger partial charge in [-0.3, -0.25) is 0 Å². The van der Waals surface area contributed by atoms with Crippen LogP contribution in [0.1, 0.15) is 0 Å². The third kappa shape index (κ3) is 1.72. The van der Waals surface area contributed by atoms with Crippen molar-refractivity contribution in [1.29, 1.82) is 0 Å². The van der Waals surface area contributed by atoms with Gasteiger partial charge in [0.1, 0.15) is 5.82 Å². The smallest absolute Gasteiger partial charge is 0.178 e. The molecule has 5 heteroatoms. The maximum Gasteiger partial charge on any atom is 0.178 e. The zero-order valence-corrected chi connectivity index (χ0v) is 9.57. The molecule has 3 N–H and O–H groups in total. The van der Waals surface area contributed by atoms with Gasteiger partial charge in [0.15, 0.2) is 5.65 Å². The first-order valence-corrected chi connectivity index (χ1v) is 5.48.